The molecule has 11 heteroatoms. The molecular formula is C14H12F6O3S2. The Labute approximate surface area is 141 Å². The van der Waals surface area contributed by atoms with Crippen molar-refractivity contribution in [1.29, 1.82) is 0 Å². The molecule has 0 amide bonds. The normalized spacial score (nSPS) is 26.8. The molecular weight excluding hydrogens is 394 g/mol. The Bertz CT molecular complexity index is 852. The van der Waals surface area contributed by atoms with E-state index < -0.39 is 47.2 Å². The molecule has 1 unspecified atom stereocenters. The first-order valence-corrected chi connectivity index (χ1v) is 10.0. The van der Waals surface area contributed by atoms with E-state index in [4.69, 9.17) is 0 Å². The number of halogens is 6. The van der Waals surface area contributed by atoms with Crippen molar-refractivity contribution in [2.24, 2.45) is 5.92 Å². The van der Waals surface area contributed by atoms with Crippen LogP contribution >= 0.6 is 10.3 Å². The van der Waals surface area contributed by atoms with Gasteiger partial charge in [0.05, 0.1) is 0 Å². The molecule has 1 aromatic rings. The van der Waals surface area contributed by atoms with Crippen LogP contribution in [0, 0.1) is 12.8 Å². The van der Waals surface area contributed by atoms with Gasteiger partial charge in [-0.3, -0.25) is 0 Å². The van der Waals surface area contributed by atoms with Crippen molar-refractivity contribution in [3.8, 4) is 0 Å². The Morgan fingerprint density at radius 2 is 1.72 bits per heavy atom. The fourth-order valence-electron chi connectivity index (χ4n) is 2.67. The summed E-state index contributed by atoms with van der Waals surface area (Å²) in [6.07, 6.45) is 1.83. The fraction of sp³-hybridized carbons (Fsp3) is 0.429. The van der Waals surface area contributed by atoms with E-state index in [2.05, 4.69) is 3.63 Å². The molecule has 1 heterocycles. The number of allylic oxidation sites excluding steroid dienone is 1. The lowest BCUT2D eigenvalue weighted by Gasteiger charge is -2.39. The Morgan fingerprint density at radius 3 is 2.20 bits per heavy atom. The van der Waals surface area contributed by atoms with Crippen LogP contribution in [0.2, 0.25) is 0 Å². The van der Waals surface area contributed by atoms with Crippen molar-refractivity contribution in [2.45, 2.75) is 35.7 Å². The van der Waals surface area contributed by atoms with Crippen LogP contribution in [-0.2, 0) is 13.7 Å². The molecule has 25 heavy (non-hydrogen) atoms. The Hall–Kier alpha value is -1.20. The number of rotatable bonds is 3. The maximum atomic E-state index is 14.0. The molecule has 0 saturated heterocycles. The lowest BCUT2D eigenvalue weighted by molar-refractivity contribution is -0.0546. The monoisotopic (exact) mass is 406 g/mol. The average Bonchev–Trinajstić information content (AvgIpc) is 3.20. The Morgan fingerprint density at radius 1 is 1.12 bits per heavy atom. The second-order valence-electron chi connectivity index (χ2n) is 5.83. The predicted octanol–water partition coefficient (Wildman–Crippen LogP) is 5.22. The zero-order valence-electron chi connectivity index (χ0n) is 12.6. The predicted molar refractivity (Wildman–Crippen MR) is 79.9 cm³/mol. The molecule has 3 rings (SSSR count). The van der Waals surface area contributed by atoms with Gasteiger partial charge in [-0.2, -0.15) is 38.4 Å². The van der Waals surface area contributed by atoms with Crippen LogP contribution < -0.4 is 0 Å². The first kappa shape index (κ1) is 18.6. The van der Waals surface area contributed by atoms with Crippen LogP contribution in [0.15, 0.2) is 28.0 Å². The van der Waals surface area contributed by atoms with Gasteiger partial charge in [0.15, 0.2) is 0 Å². The van der Waals surface area contributed by atoms with E-state index in [0.717, 1.165) is 12.1 Å². The van der Waals surface area contributed by atoms with Crippen molar-refractivity contribution in [1.82, 2.24) is 0 Å². The number of aryl methyl sites for hydroxylation is 1. The van der Waals surface area contributed by atoms with Gasteiger partial charge in [0, 0.05) is 20.1 Å². The quantitative estimate of drug-likeness (QED) is 0.510. The highest BCUT2D eigenvalue weighted by Gasteiger charge is 2.65. The molecule has 1 atom stereocenters. The molecule has 0 spiro atoms. The van der Waals surface area contributed by atoms with Crippen LogP contribution in [0.1, 0.15) is 24.0 Å². The van der Waals surface area contributed by atoms with Gasteiger partial charge in [-0.1, -0.05) is 17.7 Å². The van der Waals surface area contributed by atoms with E-state index in [1.165, 1.54) is 12.1 Å². The highest BCUT2D eigenvalue weighted by Crippen LogP contribution is 2.81. The molecule has 2 aliphatic rings. The lowest BCUT2D eigenvalue weighted by atomic mass is 10.1. The molecule has 0 radical (unpaired) electrons. The van der Waals surface area contributed by atoms with Crippen molar-refractivity contribution >= 4 is 26.5 Å². The Kier molecular flexibility index (Phi) is 4.01. The van der Waals surface area contributed by atoms with E-state index in [1.807, 2.05) is 0 Å². The number of alkyl halides is 6. The van der Waals surface area contributed by atoms with E-state index in [1.54, 1.807) is 6.92 Å². The maximum absolute atomic E-state index is 14.0. The largest absolute Gasteiger partial charge is 0.523 e. The van der Waals surface area contributed by atoms with Gasteiger partial charge in [-0.25, -0.2) is 0 Å². The van der Waals surface area contributed by atoms with Crippen molar-refractivity contribution in [3.63, 3.8) is 0 Å². The van der Waals surface area contributed by atoms with Gasteiger partial charge in [0.25, 0.3) is 0 Å². The number of benzene rings is 1. The van der Waals surface area contributed by atoms with Gasteiger partial charge in [0.1, 0.15) is 0 Å². The highest BCUT2D eigenvalue weighted by molar-refractivity contribution is 8.37. The summed E-state index contributed by atoms with van der Waals surface area (Å²) in [5.41, 5.74) is -10.6. The van der Waals surface area contributed by atoms with Gasteiger partial charge in [-0.05, 0) is 43.4 Å². The third kappa shape index (κ3) is 2.85. The van der Waals surface area contributed by atoms with Gasteiger partial charge in [0.2, 0.25) is 0 Å². The minimum Gasteiger partial charge on any atom is -0.196 e. The van der Waals surface area contributed by atoms with Gasteiger partial charge in [-0.15, -0.1) is 0 Å². The van der Waals surface area contributed by atoms with Gasteiger partial charge < -0.3 is 0 Å². The standard InChI is InChI=1S/C14H12F6O3S2/c1-8-2-5-11-10(6-8)7-12(9-3-4-9)24(11,13(15,16)17)23-25(21,22)14(18,19)20/h2,5-7,9H,3-4H2,1H3. The van der Waals surface area contributed by atoms with E-state index in [9.17, 15) is 34.8 Å². The first-order chi connectivity index (χ1) is 11.3. The summed E-state index contributed by atoms with van der Waals surface area (Å²) in [6.45, 7) is 1.61. The second-order valence-corrected chi connectivity index (χ2v) is 10.2. The molecule has 0 N–H and O–H groups in total. The molecule has 3 nitrogen and oxygen atoms in total. The van der Waals surface area contributed by atoms with Gasteiger partial charge >= 0.3 is 21.1 Å². The summed E-state index contributed by atoms with van der Waals surface area (Å²) in [5.74, 6) is -0.632. The zero-order chi connectivity index (χ0) is 18.8. The van der Waals surface area contributed by atoms with Crippen LogP contribution in [0.25, 0.3) is 6.08 Å². The topological polar surface area (TPSA) is 43.4 Å². The SMILES string of the molecule is Cc1ccc2c(c1)C=C(C1CC1)S2(OS(=O)(=O)C(F)(F)F)C(F)(F)F. The summed E-state index contributed by atoms with van der Waals surface area (Å²) < 4.78 is 107. The van der Waals surface area contributed by atoms with Crippen LogP contribution in [-0.4, -0.2) is 19.4 Å². The molecule has 0 bridgehead atoms. The van der Waals surface area contributed by atoms with Crippen LogP contribution in [0.3, 0.4) is 0 Å². The van der Waals surface area contributed by atoms with E-state index >= 15 is 0 Å². The van der Waals surface area contributed by atoms with Crippen molar-refractivity contribution in [2.75, 3.05) is 0 Å². The molecule has 1 aliphatic heterocycles. The second kappa shape index (κ2) is 5.40. The molecule has 1 saturated carbocycles. The third-order valence-electron chi connectivity index (χ3n) is 3.89. The number of hydrogen-bond donors (Lipinski definition) is 0. The van der Waals surface area contributed by atoms with Crippen LogP contribution in [0.4, 0.5) is 26.3 Å². The molecule has 1 aromatic carbocycles. The Balaban J connectivity index is 2.27. The minimum absolute atomic E-state index is 0.0478. The number of hydrogen-bond acceptors (Lipinski definition) is 3. The summed E-state index contributed by atoms with van der Waals surface area (Å²) >= 11 is 0. The summed E-state index contributed by atoms with van der Waals surface area (Å²) in [5, 5.41) is 0. The van der Waals surface area contributed by atoms with Crippen LogP contribution in [0.5, 0.6) is 0 Å². The molecule has 0 aromatic heterocycles. The maximum Gasteiger partial charge on any atom is 0.523 e. The third-order valence-corrected chi connectivity index (χ3v) is 8.74. The molecule has 1 aliphatic carbocycles. The smallest absolute Gasteiger partial charge is 0.196 e. The number of fused-ring (bicyclic) bond motifs is 1. The molecule has 1 fully saturated rings. The highest BCUT2D eigenvalue weighted by atomic mass is 32.3. The zero-order valence-corrected chi connectivity index (χ0v) is 14.2. The summed E-state index contributed by atoms with van der Waals surface area (Å²) in [6, 6.07) is 3.67. The van der Waals surface area contributed by atoms with Crippen molar-refractivity contribution in [3.05, 3.63) is 34.2 Å². The minimum atomic E-state index is -6.44. The summed E-state index contributed by atoms with van der Waals surface area (Å²) in [4.78, 5) is -0.964. The fourth-order valence-corrected chi connectivity index (χ4v) is 7.45. The van der Waals surface area contributed by atoms with E-state index in [0.29, 0.717) is 18.4 Å². The van der Waals surface area contributed by atoms with Crippen molar-refractivity contribution < 1.29 is 38.4 Å². The average molecular weight is 406 g/mol. The first-order valence-electron chi connectivity index (χ1n) is 7.04. The summed E-state index contributed by atoms with van der Waals surface area (Å²) in [7, 11) is -11.3. The lowest BCUT2D eigenvalue weighted by Crippen LogP contribution is -2.32. The molecule has 140 valence electrons. The van der Waals surface area contributed by atoms with E-state index in [-0.39, 0.29) is 5.56 Å².